The van der Waals surface area contributed by atoms with Crippen molar-refractivity contribution >= 4 is 38.6 Å². The Labute approximate surface area is 148 Å². The van der Waals surface area contributed by atoms with Gasteiger partial charge in [-0.2, -0.15) is 5.16 Å². The van der Waals surface area contributed by atoms with Crippen LogP contribution in [0.5, 0.6) is 5.75 Å². The van der Waals surface area contributed by atoms with Gasteiger partial charge in [-0.15, -0.1) is 0 Å². The molecule has 2 aromatic heterocycles. The van der Waals surface area contributed by atoms with Gasteiger partial charge in [0, 0.05) is 24.0 Å². The summed E-state index contributed by atoms with van der Waals surface area (Å²) in [5, 5.41) is 5.42. The maximum atomic E-state index is 15.0. The molecule has 1 saturated heterocycles. The normalized spacial score (nSPS) is 17.8. The maximum Gasteiger partial charge on any atom is 0.293 e. The van der Waals surface area contributed by atoms with Crippen molar-refractivity contribution in [1.29, 1.82) is 0 Å². The van der Waals surface area contributed by atoms with Crippen molar-refractivity contribution in [1.82, 2.24) is 15.0 Å². The molecule has 2 aliphatic rings. The van der Waals surface area contributed by atoms with E-state index in [0.717, 1.165) is 24.6 Å². The van der Waals surface area contributed by atoms with Gasteiger partial charge in [-0.25, -0.2) is 4.39 Å². The number of halogens is 1. The van der Waals surface area contributed by atoms with Gasteiger partial charge in [0.05, 0.1) is 11.1 Å². The Morgan fingerprint density at radius 2 is 2.04 bits per heavy atom. The Kier molecular flexibility index (Phi) is 3.32. The van der Waals surface area contributed by atoms with Crippen molar-refractivity contribution in [2.24, 2.45) is 0 Å². The highest BCUT2D eigenvalue weighted by molar-refractivity contribution is 7.97. The first-order valence-corrected chi connectivity index (χ1v) is 9.76. The molecule has 134 valence electrons. The Bertz CT molecular complexity index is 1200. The van der Waals surface area contributed by atoms with Crippen molar-refractivity contribution in [3.63, 3.8) is 0 Å². The number of nitrogens with zero attached hydrogens (tertiary/aromatic N) is 1. The highest BCUT2D eigenvalue weighted by Crippen LogP contribution is 2.40. The Morgan fingerprint density at radius 3 is 2.81 bits per heavy atom. The van der Waals surface area contributed by atoms with E-state index in [0.29, 0.717) is 21.9 Å². The Hall–Kier alpha value is -2.52. The zero-order valence-corrected chi connectivity index (χ0v) is 14.5. The zero-order chi connectivity index (χ0) is 18.0. The number of benzene rings is 1. The molecule has 26 heavy (non-hydrogen) atoms. The van der Waals surface area contributed by atoms with Crippen LogP contribution in [0.4, 0.5) is 4.39 Å². The lowest BCUT2D eigenvalue weighted by Gasteiger charge is -2.25. The van der Waals surface area contributed by atoms with Crippen molar-refractivity contribution in [3.05, 3.63) is 39.0 Å². The average Bonchev–Trinajstić information content (AvgIpc) is 3.03. The summed E-state index contributed by atoms with van der Waals surface area (Å²) in [6.07, 6.45) is 0. The highest BCUT2D eigenvalue weighted by atomic mass is 32.2. The molecule has 0 unspecified atom stereocenters. The Balaban J connectivity index is 1.97. The van der Waals surface area contributed by atoms with E-state index in [1.807, 2.05) is 0 Å². The molecular weight excluding hydrogens is 361 g/mol. The van der Waals surface area contributed by atoms with Crippen molar-refractivity contribution in [2.45, 2.75) is 4.90 Å². The number of rotatable bonds is 1. The minimum Gasteiger partial charge on any atom is -0.480 e. The van der Waals surface area contributed by atoms with Crippen LogP contribution in [0.3, 0.4) is 0 Å². The van der Waals surface area contributed by atoms with Gasteiger partial charge in [-0.05, 0) is 6.07 Å². The van der Waals surface area contributed by atoms with E-state index >= 15 is 4.39 Å². The molecule has 0 saturated carbocycles. The van der Waals surface area contributed by atoms with Gasteiger partial charge in [-0.3, -0.25) is 14.2 Å². The number of H-pyrrole nitrogens is 1. The lowest BCUT2D eigenvalue weighted by Crippen LogP contribution is -2.37. The van der Waals surface area contributed by atoms with E-state index in [2.05, 4.69) is 17.1 Å². The standard InChI is InChI=1S/C17H14FN3O4S/c1-8-7-24-14-12-9(6-10(18)15(14)26-4-2-19-3-5-26)13(22)11-16(23)20-25-17(11)21(8)12/h6,19H,1-5,7H2/p+1. The first kappa shape index (κ1) is 15.7. The number of hydrogen-bond donors (Lipinski definition) is 2. The van der Waals surface area contributed by atoms with Crippen LogP contribution >= 0.6 is 0 Å². The summed E-state index contributed by atoms with van der Waals surface area (Å²) in [5.41, 5.74) is -0.181. The van der Waals surface area contributed by atoms with Gasteiger partial charge < -0.3 is 14.6 Å². The van der Waals surface area contributed by atoms with Gasteiger partial charge in [0.1, 0.15) is 23.6 Å². The molecule has 9 heteroatoms. The second-order valence-corrected chi connectivity index (χ2v) is 8.51. The predicted octanol–water partition coefficient (Wildman–Crippen LogP) is 1.02. The van der Waals surface area contributed by atoms with Crippen LogP contribution in [0.15, 0.2) is 31.7 Å². The number of nitrogens with one attached hydrogen (secondary N) is 2. The summed E-state index contributed by atoms with van der Waals surface area (Å²) in [5.74, 6) is 1.52. The monoisotopic (exact) mass is 376 g/mol. The third-order valence-corrected chi connectivity index (χ3v) is 7.13. The third kappa shape index (κ3) is 1.98. The van der Waals surface area contributed by atoms with Gasteiger partial charge >= 0.3 is 0 Å². The minimum atomic E-state index is -0.638. The molecule has 4 heterocycles. The van der Waals surface area contributed by atoms with Crippen LogP contribution in [0.1, 0.15) is 0 Å². The fourth-order valence-corrected chi connectivity index (χ4v) is 5.77. The van der Waals surface area contributed by atoms with E-state index in [1.165, 1.54) is 6.07 Å². The number of ether oxygens (including phenoxy) is 1. The molecule has 1 fully saturated rings. The summed E-state index contributed by atoms with van der Waals surface area (Å²) in [6, 6.07) is 1.22. The summed E-state index contributed by atoms with van der Waals surface area (Å²) in [7, 11) is -0.316. The molecule has 0 atom stereocenters. The van der Waals surface area contributed by atoms with Crippen LogP contribution in [0.2, 0.25) is 0 Å². The highest BCUT2D eigenvalue weighted by Gasteiger charge is 2.37. The summed E-state index contributed by atoms with van der Waals surface area (Å²) in [6.45, 7) is 5.70. The quantitative estimate of drug-likeness (QED) is 0.619. The molecule has 3 aromatic rings. The molecule has 5 rings (SSSR count). The molecule has 0 aliphatic carbocycles. The molecule has 2 N–H and O–H groups in total. The van der Waals surface area contributed by atoms with E-state index in [-0.39, 0.29) is 34.0 Å². The fraction of sp³-hybridized carbons (Fsp3) is 0.294. The number of aromatic nitrogens is 2. The molecule has 0 spiro atoms. The molecule has 1 aromatic carbocycles. The first-order chi connectivity index (χ1) is 12.6. The molecule has 7 nitrogen and oxygen atoms in total. The summed E-state index contributed by atoms with van der Waals surface area (Å²) < 4.78 is 27.7. The maximum absolute atomic E-state index is 15.0. The second-order valence-electron chi connectivity index (χ2n) is 6.30. The third-order valence-electron chi connectivity index (χ3n) is 4.78. The van der Waals surface area contributed by atoms with Crippen LogP contribution < -0.4 is 21.0 Å². The van der Waals surface area contributed by atoms with Crippen LogP contribution in [0, 0.1) is 5.82 Å². The summed E-state index contributed by atoms with van der Waals surface area (Å²) >= 11 is 0. The number of aromatic amines is 1. The topological polar surface area (TPSA) is 89.3 Å². The van der Waals surface area contributed by atoms with E-state index in [4.69, 9.17) is 9.26 Å². The van der Waals surface area contributed by atoms with Crippen LogP contribution in [-0.2, 0) is 10.9 Å². The Morgan fingerprint density at radius 1 is 1.27 bits per heavy atom. The van der Waals surface area contributed by atoms with Crippen molar-refractivity contribution < 1.29 is 13.7 Å². The van der Waals surface area contributed by atoms with Gasteiger partial charge in [0.25, 0.3) is 5.56 Å². The van der Waals surface area contributed by atoms with E-state index in [1.54, 1.807) is 4.57 Å². The second kappa shape index (κ2) is 5.49. The van der Waals surface area contributed by atoms with Crippen LogP contribution in [0.25, 0.3) is 27.7 Å². The average molecular weight is 376 g/mol. The predicted molar refractivity (Wildman–Crippen MR) is 97.6 cm³/mol. The lowest BCUT2D eigenvalue weighted by atomic mass is 10.1. The minimum absolute atomic E-state index is 0.0910. The molecule has 2 aliphatic heterocycles. The number of fused-ring (bicyclic) bond motifs is 2. The SMILES string of the molecule is C=C1COc2c([S+]3CCNCC3)c(F)cc3c(=O)c4c(=O)[nH]oc4n1c23. The number of hydrogen-bond acceptors (Lipinski definition) is 5. The number of pyridine rings is 1. The van der Waals surface area contributed by atoms with Crippen molar-refractivity contribution in [2.75, 3.05) is 31.2 Å². The first-order valence-electron chi connectivity index (χ1n) is 8.19. The fourth-order valence-electron chi connectivity index (χ4n) is 3.63. The van der Waals surface area contributed by atoms with Crippen LogP contribution in [-0.4, -0.2) is 40.9 Å². The van der Waals surface area contributed by atoms with Crippen molar-refractivity contribution in [3.8, 4) is 5.75 Å². The molecular formula is C17H15FN3O4S+. The smallest absolute Gasteiger partial charge is 0.293 e. The van der Waals surface area contributed by atoms with Gasteiger partial charge in [0.2, 0.25) is 21.8 Å². The lowest BCUT2D eigenvalue weighted by molar-refractivity contribution is 0.343. The molecule has 0 radical (unpaired) electrons. The molecule has 0 amide bonds. The van der Waals surface area contributed by atoms with Gasteiger partial charge in [0.15, 0.2) is 11.2 Å². The molecule has 0 bridgehead atoms. The summed E-state index contributed by atoms with van der Waals surface area (Å²) in [4.78, 5) is 25.3. The van der Waals surface area contributed by atoms with Gasteiger partial charge in [-0.1, -0.05) is 6.58 Å². The largest absolute Gasteiger partial charge is 0.480 e. The van der Waals surface area contributed by atoms with E-state index < -0.39 is 16.8 Å². The zero-order valence-electron chi connectivity index (χ0n) is 13.7. The van der Waals surface area contributed by atoms with E-state index in [9.17, 15) is 9.59 Å².